The van der Waals surface area contributed by atoms with Gasteiger partial charge >= 0.3 is 6.03 Å². The zero-order chi connectivity index (χ0) is 25.1. The second kappa shape index (κ2) is 13.0. The number of hydrogen-bond donors (Lipinski definition) is 3. The van der Waals surface area contributed by atoms with Crippen molar-refractivity contribution in [3.8, 4) is 0 Å². The van der Waals surface area contributed by atoms with Crippen molar-refractivity contribution in [3.05, 3.63) is 12.2 Å². The fourth-order valence-electron chi connectivity index (χ4n) is 4.55. The van der Waals surface area contributed by atoms with Crippen LogP contribution < -0.4 is 16.4 Å². The van der Waals surface area contributed by atoms with Crippen molar-refractivity contribution in [2.75, 3.05) is 20.1 Å². The number of ketones is 2. The molecule has 0 aromatic rings. The van der Waals surface area contributed by atoms with Gasteiger partial charge < -0.3 is 16.4 Å². The van der Waals surface area contributed by atoms with E-state index in [2.05, 4.69) is 10.6 Å². The van der Waals surface area contributed by atoms with Crippen LogP contribution in [0, 0.1) is 11.3 Å². The van der Waals surface area contributed by atoms with Crippen molar-refractivity contribution in [3.63, 3.8) is 0 Å². The third kappa shape index (κ3) is 7.23. The van der Waals surface area contributed by atoms with Gasteiger partial charge in [-0.25, -0.2) is 4.79 Å². The van der Waals surface area contributed by atoms with Gasteiger partial charge in [-0.3, -0.25) is 28.9 Å². The summed E-state index contributed by atoms with van der Waals surface area (Å²) in [6.45, 7) is 0.689. The number of nitrogens with two attached hydrogens (primary N) is 1. The molecule has 1 aliphatic heterocycles. The predicted octanol–water partition coefficient (Wildman–Crippen LogP) is 1.37. The molecule has 188 valence electrons. The Morgan fingerprint density at radius 1 is 1.00 bits per heavy atom. The molecule has 1 heterocycles. The minimum Gasteiger partial charge on any atom is -0.359 e. The van der Waals surface area contributed by atoms with E-state index in [9.17, 15) is 28.8 Å². The third-order valence-electron chi connectivity index (χ3n) is 6.79. The van der Waals surface area contributed by atoms with Gasteiger partial charge in [0.2, 0.25) is 5.91 Å². The summed E-state index contributed by atoms with van der Waals surface area (Å²) in [4.78, 5) is 73.5. The topological polar surface area (TPSA) is 156 Å². The van der Waals surface area contributed by atoms with Crippen molar-refractivity contribution in [1.82, 2.24) is 15.5 Å². The lowest BCUT2D eigenvalue weighted by Crippen LogP contribution is -2.46. The first-order valence-corrected chi connectivity index (χ1v) is 12.1. The average molecular weight is 477 g/mol. The molecule has 34 heavy (non-hydrogen) atoms. The lowest BCUT2D eigenvalue weighted by atomic mass is 9.61. The van der Waals surface area contributed by atoms with Crippen LogP contribution in [0.5, 0.6) is 0 Å². The van der Waals surface area contributed by atoms with Gasteiger partial charge in [0.1, 0.15) is 11.6 Å². The second-order valence-electron chi connectivity index (χ2n) is 9.06. The maximum atomic E-state index is 13.1. The fourth-order valence-corrected chi connectivity index (χ4v) is 4.55. The maximum absolute atomic E-state index is 13.1. The smallest absolute Gasteiger partial charge is 0.312 e. The molecule has 2 aliphatic rings. The number of hydrogen-bond acceptors (Lipinski definition) is 6. The van der Waals surface area contributed by atoms with Crippen molar-refractivity contribution >= 4 is 35.3 Å². The molecule has 5 amide bonds. The largest absolute Gasteiger partial charge is 0.359 e. The van der Waals surface area contributed by atoms with E-state index in [0.29, 0.717) is 58.0 Å². The molecule has 4 N–H and O–H groups in total. The monoisotopic (exact) mass is 476 g/mol. The Bertz CT molecular complexity index is 815. The summed E-state index contributed by atoms with van der Waals surface area (Å²) < 4.78 is 0. The van der Waals surface area contributed by atoms with Crippen LogP contribution in [-0.4, -0.2) is 60.4 Å². The number of carbonyl (C=O) groups is 6. The first-order valence-electron chi connectivity index (χ1n) is 12.1. The zero-order valence-electron chi connectivity index (χ0n) is 19.9. The number of imide groups is 1. The van der Waals surface area contributed by atoms with Gasteiger partial charge in [0.15, 0.2) is 0 Å². The highest BCUT2D eigenvalue weighted by molar-refractivity contribution is 6.12. The number of carbonyl (C=O) groups excluding carboxylic acids is 6. The lowest BCUT2D eigenvalue weighted by Gasteiger charge is -2.39. The summed E-state index contributed by atoms with van der Waals surface area (Å²) in [5, 5.41) is 5.05. The molecule has 1 atom stereocenters. The standard InChI is InChI=1S/C24H36N4O6/c1-26-22(33)17(8-6-14-27-23(25)34)16-19(30)24(12-7-13-24)18(29)9-4-2-3-5-15-28-20(31)10-11-21(28)32/h10-11,17H,2-9,12-16H2,1H3,(H,26,33)(H3,25,27,34)/t17-/m1/s1. The van der Waals surface area contributed by atoms with Gasteiger partial charge in [-0.1, -0.05) is 19.3 Å². The van der Waals surface area contributed by atoms with E-state index < -0.39 is 17.4 Å². The highest BCUT2D eigenvalue weighted by Crippen LogP contribution is 2.45. The number of Topliss-reactive ketones (excluding diaryl/α,β-unsaturated/α-hetero) is 2. The first kappa shape index (κ1) is 27.2. The molecule has 10 heteroatoms. The Morgan fingerprint density at radius 3 is 2.21 bits per heavy atom. The summed E-state index contributed by atoms with van der Waals surface area (Å²) in [6.07, 6.45) is 8.50. The summed E-state index contributed by atoms with van der Waals surface area (Å²) >= 11 is 0. The molecule has 0 radical (unpaired) electrons. The maximum Gasteiger partial charge on any atom is 0.312 e. The summed E-state index contributed by atoms with van der Waals surface area (Å²) in [5.74, 6) is -1.60. The quantitative estimate of drug-likeness (QED) is 0.174. The molecule has 0 bridgehead atoms. The Balaban J connectivity index is 1.77. The van der Waals surface area contributed by atoms with Gasteiger partial charge in [0, 0.05) is 51.0 Å². The fraction of sp³-hybridized carbons (Fsp3) is 0.667. The molecule has 0 spiro atoms. The molecular weight excluding hydrogens is 440 g/mol. The number of amides is 5. The van der Waals surface area contributed by atoms with Crippen molar-refractivity contribution in [1.29, 1.82) is 0 Å². The molecule has 10 nitrogen and oxygen atoms in total. The number of primary amides is 1. The SMILES string of the molecule is CNC(=O)[C@H](CCCNC(N)=O)CC(=O)C1(C(=O)CCCCCCN2C(=O)C=CC2=O)CCC1. The second-order valence-corrected chi connectivity index (χ2v) is 9.06. The first-order chi connectivity index (χ1) is 16.2. The number of urea groups is 1. The van der Waals surface area contributed by atoms with Gasteiger partial charge in [-0.05, 0) is 38.5 Å². The molecule has 0 aromatic heterocycles. The van der Waals surface area contributed by atoms with E-state index in [1.165, 1.54) is 24.1 Å². The van der Waals surface area contributed by atoms with E-state index in [4.69, 9.17) is 5.73 Å². The van der Waals surface area contributed by atoms with E-state index in [-0.39, 0.29) is 35.7 Å². The Labute approximate surface area is 200 Å². The zero-order valence-corrected chi connectivity index (χ0v) is 19.9. The minimum absolute atomic E-state index is 0.00785. The van der Waals surface area contributed by atoms with Crippen LogP contribution in [0.4, 0.5) is 4.79 Å². The molecular formula is C24H36N4O6. The summed E-state index contributed by atoms with van der Waals surface area (Å²) in [6, 6.07) is -0.637. The molecule has 0 saturated heterocycles. The number of nitrogens with zero attached hydrogens (tertiary/aromatic N) is 1. The van der Waals surface area contributed by atoms with Gasteiger partial charge in [0.25, 0.3) is 11.8 Å². The molecule has 1 aliphatic carbocycles. The molecule has 0 aromatic carbocycles. The third-order valence-corrected chi connectivity index (χ3v) is 6.79. The molecule has 1 saturated carbocycles. The van der Waals surface area contributed by atoms with Crippen LogP contribution in [0.1, 0.15) is 70.6 Å². The number of unbranched alkanes of at least 4 members (excludes halogenated alkanes) is 3. The summed E-state index contributed by atoms with van der Waals surface area (Å²) in [5.41, 5.74) is 4.07. The van der Waals surface area contributed by atoms with E-state index in [1.807, 2.05) is 0 Å². The van der Waals surface area contributed by atoms with Gasteiger partial charge in [-0.15, -0.1) is 0 Å². The van der Waals surface area contributed by atoms with Crippen LogP contribution in [0.2, 0.25) is 0 Å². The summed E-state index contributed by atoms with van der Waals surface area (Å²) in [7, 11) is 1.51. The van der Waals surface area contributed by atoms with E-state index in [1.54, 1.807) is 0 Å². The van der Waals surface area contributed by atoms with Crippen LogP contribution in [0.3, 0.4) is 0 Å². The Kier molecular flexibility index (Phi) is 10.4. The van der Waals surface area contributed by atoms with Gasteiger partial charge in [-0.2, -0.15) is 0 Å². The van der Waals surface area contributed by atoms with E-state index in [0.717, 1.165) is 19.3 Å². The van der Waals surface area contributed by atoms with Crippen molar-refractivity contribution in [2.45, 2.75) is 70.6 Å². The molecule has 0 unspecified atom stereocenters. The molecule has 2 rings (SSSR count). The van der Waals surface area contributed by atoms with Crippen LogP contribution in [0.25, 0.3) is 0 Å². The Morgan fingerprint density at radius 2 is 1.65 bits per heavy atom. The normalized spacial score (nSPS) is 17.3. The highest BCUT2D eigenvalue weighted by Gasteiger charge is 2.49. The Hall–Kier alpha value is -3.04. The molecule has 1 fully saturated rings. The number of rotatable bonds is 16. The van der Waals surface area contributed by atoms with Gasteiger partial charge in [0.05, 0.1) is 5.41 Å². The van der Waals surface area contributed by atoms with Crippen LogP contribution in [-0.2, 0) is 24.0 Å². The average Bonchev–Trinajstić information content (AvgIpc) is 3.08. The predicted molar refractivity (Wildman–Crippen MR) is 124 cm³/mol. The lowest BCUT2D eigenvalue weighted by molar-refractivity contribution is -0.148. The highest BCUT2D eigenvalue weighted by atomic mass is 16.2. The number of nitrogens with one attached hydrogen (secondary N) is 2. The van der Waals surface area contributed by atoms with Crippen LogP contribution in [0.15, 0.2) is 12.2 Å². The van der Waals surface area contributed by atoms with Crippen molar-refractivity contribution in [2.24, 2.45) is 17.1 Å². The minimum atomic E-state index is -0.974. The van der Waals surface area contributed by atoms with Crippen molar-refractivity contribution < 1.29 is 28.8 Å². The van der Waals surface area contributed by atoms with Crippen LogP contribution >= 0.6 is 0 Å². The van der Waals surface area contributed by atoms with E-state index >= 15 is 0 Å².